The van der Waals surface area contributed by atoms with Gasteiger partial charge in [0.15, 0.2) is 0 Å². The summed E-state index contributed by atoms with van der Waals surface area (Å²) in [5.74, 6) is -0.791. The second-order valence-electron chi connectivity index (χ2n) is 2.99. The van der Waals surface area contributed by atoms with Crippen molar-refractivity contribution in [3.63, 3.8) is 0 Å². The number of nitrogens with one attached hydrogen (secondary N) is 1. The van der Waals surface area contributed by atoms with E-state index in [0.29, 0.717) is 9.23 Å². The monoisotopic (exact) mass is 273 g/mol. The molecule has 0 aromatic heterocycles. The van der Waals surface area contributed by atoms with E-state index in [-0.39, 0.29) is 16.5 Å². The van der Waals surface area contributed by atoms with Gasteiger partial charge in [0.25, 0.3) is 5.91 Å². The van der Waals surface area contributed by atoms with Crippen molar-refractivity contribution in [2.24, 2.45) is 0 Å². The molecule has 1 aromatic carbocycles. The molecule has 1 saturated heterocycles. The normalized spacial score (nSPS) is 18.0. The average molecular weight is 274 g/mol. The van der Waals surface area contributed by atoms with Gasteiger partial charge in [-0.15, -0.1) is 0 Å². The van der Waals surface area contributed by atoms with Crippen molar-refractivity contribution in [1.29, 1.82) is 0 Å². The molecular formula is C10H5ClFNOS2. The van der Waals surface area contributed by atoms with E-state index in [4.69, 9.17) is 23.8 Å². The SMILES string of the molecule is O=C1NC(=S)S/C1=C/c1c(F)cccc1Cl. The van der Waals surface area contributed by atoms with Crippen molar-refractivity contribution in [3.05, 3.63) is 39.5 Å². The third-order valence-corrected chi connectivity index (χ3v) is 3.41. The molecule has 1 fully saturated rings. The zero-order chi connectivity index (χ0) is 11.7. The molecule has 1 aliphatic rings. The fourth-order valence-corrected chi connectivity index (χ4v) is 2.44. The molecule has 2 nitrogen and oxygen atoms in total. The number of carbonyl (C=O) groups is 1. The fraction of sp³-hybridized carbons (Fsp3) is 0. The van der Waals surface area contributed by atoms with E-state index in [1.807, 2.05) is 0 Å². The van der Waals surface area contributed by atoms with Crippen LogP contribution in [0.25, 0.3) is 6.08 Å². The highest BCUT2D eigenvalue weighted by Crippen LogP contribution is 2.29. The first-order valence-corrected chi connectivity index (χ1v) is 5.87. The van der Waals surface area contributed by atoms with E-state index in [0.717, 1.165) is 11.8 Å². The highest BCUT2D eigenvalue weighted by molar-refractivity contribution is 8.26. The molecule has 1 heterocycles. The summed E-state index contributed by atoms with van der Waals surface area (Å²) in [5.41, 5.74) is 0.200. The van der Waals surface area contributed by atoms with Gasteiger partial charge in [0, 0.05) is 5.56 Å². The van der Waals surface area contributed by atoms with Crippen LogP contribution in [0.4, 0.5) is 4.39 Å². The Balaban J connectivity index is 2.44. The summed E-state index contributed by atoms with van der Waals surface area (Å²) in [6.07, 6.45) is 1.40. The maximum atomic E-state index is 13.4. The van der Waals surface area contributed by atoms with Crippen molar-refractivity contribution in [1.82, 2.24) is 5.32 Å². The van der Waals surface area contributed by atoms with E-state index in [9.17, 15) is 9.18 Å². The summed E-state index contributed by atoms with van der Waals surface area (Å²) in [4.78, 5) is 11.7. The number of rotatable bonds is 1. The molecule has 1 aromatic rings. The van der Waals surface area contributed by atoms with Gasteiger partial charge in [0.1, 0.15) is 10.1 Å². The Morgan fingerprint density at radius 1 is 1.50 bits per heavy atom. The van der Waals surface area contributed by atoms with Crippen LogP contribution in [-0.4, -0.2) is 10.2 Å². The Labute approximate surface area is 106 Å². The van der Waals surface area contributed by atoms with Gasteiger partial charge in [-0.2, -0.15) is 0 Å². The molecule has 82 valence electrons. The summed E-state index contributed by atoms with van der Waals surface area (Å²) < 4.78 is 13.8. The molecule has 1 amide bonds. The van der Waals surface area contributed by atoms with Crippen molar-refractivity contribution in [2.75, 3.05) is 0 Å². The highest BCUT2D eigenvalue weighted by atomic mass is 35.5. The van der Waals surface area contributed by atoms with Gasteiger partial charge in [-0.25, -0.2) is 4.39 Å². The molecule has 2 rings (SSSR count). The first-order valence-electron chi connectivity index (χ1n) is 4.27. The van der Waals surface area contributed by atoms with Crippen LogP contribution in [0.15, 0.2) is 23.1 Å². The number of hydrogen-bond donors (Lipinski definition) is 1. The lowest BCUT2D eigenvalue weighted by molar-refractivity contribution is -0.115. The van der Waals surface area contributed by atoms with Gasteiger partial charge in [-0.1, -0.05) is 41.6 Å². The number of halogens is 2. The van der Waals surface area contributed by atoms with Crippen LogP contribution in [0, 0.1) is 5.82 Å². The van der Waals surface area contributed by atoms with Gasteiger partial charge < -0.3 is 5.32 Å². The average Bonchev–Trinajstić information content (AvgIpc) is 2.51. The standard InChI is InChI=1S/C10H5ClFNOS2/c11-6-2-1-3-7(12)5(6)4-8-9(14)13-10(15)16-8/h1-4H,(H,13,14,15)/b8-4+. The Bertz CT molecular complexity index is 495. The Hall–Kier alpha value is -0.910. The number of benzene rings is 1. The Kier molecular flexibility index (Phi) is 3.28. The summed E-state index contributed by atoms with van der Waals surface area (Å²) >= 11 is 11.7. The molecule has 1 N–H and O–H groups in total. The Morgan fingerprint density at radius 2 is 2.25 bits per heavy atom. The lowest BCUT2D eigenvalue weighted by Gasteiger charge is -2.00. The van der Waals surface area contributed by atoms with Crippen LogP contribution < -0.4 is 5.32 Å². The van der Waals surface area contributed by atoms with Crippen LogP contribution in [0.3, 0.4) is 0 Å². The molecule has 6 heteroatoms. The summed E-state index contributed by atoms with van der Waals surface area (Å²) in [5, 5.41) is 2.71. The summed E-state index contributed by atoms with van der Waals surface area (Å²) in [6, 6.07) is 4.35. The van der Waals surface area contributed by atoms with Gasteiger partial charge in [-0.05, 0) is 18.2 Å². The van der Waals surface area contributed by atoms with Gasteiger partial charge in [0.05, 0.1) is 9.93 Å². The molecular weight excluding hydrogens is 269 g/mol. The van der Waals surface area contributed by atoms with E-state index in [1.165, 1.54) is 18.2 Å². The maximum absolute atomic E-state index is 13.4. The number of carbonyl (C=O) groups excluding carboxylic acids is 1. The largest absolute Gasteiger partial charge is 0.307 e. The van der Waals surface area contributed by atoms with Crippen molar-refractivity contribution in [3.8, 4) is 0 Å². The minimum absolute atomic E-state index is 0.200. The predicted octanol–water partition coefficient (Wildman–Crippen LogP) is 2.97. The third-order valence-electron chi connectivity index (χ3n) is 1.92. The Morgan fingerprint density at radius 3 is 2.81 bits per heavy atom. The molecule has 0 unspecified atom stereocenters. The summed E-state index contributed by atoms with van der Waals surface area (Å²) in [6.45, 7) is 0. The fourth-order valence-electron chi connectivity index (χ4n) is 1.20. The maximum Gasteiger partial charge on any atom is 0.263 e. The minimum Gasteiger partial charge on any atom is -0.307 e. The number of hydrogen-bond acceptors (Lipinski definition) is 3. The zero-order valence-corrected chi connectivity index (χ0v) is 10.2. The van der Waals surface area contributed by atoms with E-state index >= 15 is 0 Å². The number of amides is 1. The lowest BCUT2D eigenvalue weighted by atomic mass is 10.2. The second kappa shape index (κ2) is 4.53. The van der Waals surface area contributed by atoms with Gasteiger partial charge >= 0.3 is 0 Å². The van der Waals surface area contributed by atoms with Crippen molar-refractivity contribution >= 4 is 51.9 Å². The molecule has 16 heavy (non-hydrogen) atoms. The van der Waals surface area contributed by atoms with Crippen LogP contribution in [0.5, 0.6) is 0 Å². The van der Waals surface area contributed by atoms with Crippen molar-refractivity contribution < 1.29 is 9.18 Å². The highest BCUT2D eigenvalue weighted by Gasteiger charge is 2.22. The van der Waals surface area contributed by atoms with Crippen LogP contribution >= 0.6 is 35.6 Å². The molecule has 0 spiro atoms. The first kappa shape index (κ1) is 11.6. The molecule has 0 bridgehead atoms. The van der Waals surface area contributed by atoms with E-state index in [1.54, 1.807) is 6.07 Å². The van der Waals surface area contributed by atoms with Crippen LogP contribution in [0.1, 0.15) is 5.56 Å². The lowest BCUT2D eigenvalue weighted by Crippen LogP contribution is -2.17. The van der Waals surface area contributed by atoms with E-state index in [2.05, 4.69) is 5.32 Å². The van der Waals surface area contributed by atoms with Gasteiger partial charge in [0.2, 0.25) is 0 Å². The molecule has 0 radical (unpaired) electrons. The topological polar surface area (TPSA) is 29.1 Å². The molecule has 0 saturated carbocycles. The molecule has 1 aliphatic heterocycles. The quantitative estimate of drug-likeness (QED) is 0.630. The number of thiocarbonyl (C=S) groups is 1. The minimum atomic E-state index is -0.466. The third kappa shape index (κ3) is 2.26. The second-order valence-corrected chi connectivity index (χ2v) is 5.11. The smallest absolute Gasteiger partial charge is 0.263 e. The van der Waals surface area contributed by atoms with Crippen molar-refractivity contribution in [2.45, 2.75) is 0 Å². The van der Waals surface area contributed by atoms with Gasteiger partial charge in [-0.3, -0.25) is 4.79 Å². The number of thioether (sulfide) groups is 1. The first-order chi connectivity index (χ1) is 7.58. The molecule has 0 aliphatic carbocycles. The zero-order valence-electron chi connectivity index (χ0n) is 7.79. The van der Waals surface area contributed by atoms with Crippen LogP contribution in [0.2, 0.25) is 5.02 Å². The van der Waals surface area contributed by atoms with Crippen LogP contribution in [-0.2, 0) is 4.79 Å². The van der Waals surface area contributed by atoms with E-state index < -0.39 is 5.82 Å². The molecule has 0 atom stereocenters. The summed E-state index contributed by atoms with van der Waals surface area (Å²) in [7, 11) is 0. The predicted molar refractivity (Wildman–Crippen MR) is 67.7 cm³/mol.